The first-order valence-electron chi connectivity index (χ1n) is 7.90. The molecule has 126 valence electrons. The summed E-state index contributed by atoms with van der Waals surface area (Å²) < 4.78 is 19.5. The SMILES string of the molecule is Fc1cnc(-c2cncc(-c3ccccn3)n2)nc1N1CCOCC1. The maximum absolute atomic E-state index is 14.2. The second-order valence-corrected chi connectivity index (χ2v) is 5.47. The quantitative estimate of drug-likeness (QED) is 0.722. The van der Waals surface area contributed by atoms with Crippen molar-refractivity contribution in [1.82, 2.24) is 24.9 Å². The van der Waals surface area contributed by atoms with Crippen LogP contribution in [0.3, 0.4) is 0 Å². The van der Waals surface area contributed by atoms with Crippen LogP contribution in [0.2, 0.25) is 0 Å². The van der Waals surface area contributed by atoms with Crippen LogP contribution in [0.25, 0.3) is 22.9 Å². The second-order valence-electron chi connectivity index (χ2n) is 5.47. The topological polar surface area (TPSA) is 76.9 Å². The normalized spacial score (nSPS) is 14.5. The Hall–Kier alpha value is -3.00. The summed E-state index contributed by atoms with van der Waals surface area (Å²) in [6, 6.07) is 5.55. The first kappa shape index (κ1) is 15.5. The van der Waals surface area contributed by atoms with Gasteiger partial charge in [0.05, 0.1) is 37.5 Å². The molecule has 0 spiro atoms. The van der Waals surface area contributed by atoms with Crippen molar-refractivity contribution in [2.75, 3.05) is 31.2 Å². The highest BCUT2D eigenvalue weighted by atomic mass is 19.1. The summed E-state index contributed by atoms with van der Waals surface area (Å²) in [6.07, 6.45) is 6.04. The van der Waals surface area contributed by atoms with Gasteiger partial charge in [0.25, 0.3) is 0 Å². The van der Waals surface area contributed by atoms with Crippen LogP contribution in [0.1, 0.15) is 0 Å². The molecule has 8 heteroatoms. The summed E-state index contributed by atoms with van der Waals surface area (Å²) in [4.78, 5) is 23.3. The van der Waals surface area contributed by atoms with Crippen molar-refractivity contribution < 1.29 is 9.13 Å². The number of hydrogen-bond acceptors (Lipinski definition) is 7. The van der Waals surface area contributed by atoms with Crippen LogP contribution in [-0.2, 0) is 4.74 Å². The molecule has 0 aromatic carbocycles. The predicted octanol–water partition coefficient (Wildman–Crippen LogP) is 1.97. The molecular weight excluding hydrogens is 323 g/mol. The minimum absolute atomic E-state index is 0.262. The predicted molar refractivity (Wildman–Crippen MR) is 89.3 cm³/mol. The van der Waals surface area contributed by atoms with Crippen LogP contribution in [-0.4, -0.2) is 51.2 Å². The van der Waals surface area contributed by atoms with E-state index in [1.165, 1.54) is 6.20 Å². The zero-order valence-electron chi connectivity index (χ0n) is 13.3. The molecule has 4 heterocycles. The summed E-state index contributed by atoms with van der Waals surface area (Å²) in [5.74, 6) is 0.131. The average molecular weight is 338 g/mol. The van der Waals surface area contributed by atoms with E-state index in [-0.39, 0.29) is 5.82 Å². The molecule has 0 unspecified atom stereocenters. The van der Waals surface area contributed by atoms with Gasteiger partial charge in [-0.15, -0.1) is 0 Å². The van der Waals surface area contributed by atoms with Gasteiger partial charge in [-0.05, 0) is 12.1 Å². The number of ether oxygens (including phenoxy) is 1. The minimum atomic E-state index is -0.459. The van der Waals surface area contributed by atoms with E-state index in [1.807, 2.05) is 23.1 Å². The molecule has 3 aromatic rings. The summed E-state index contributed by atoms with van der Waals surface area (Å²) in [5.41, 5.74) is 1.78. The summed E-state index contributed by atoms with van der Waals surface area (Å²) in [5, 5.41) is 0. The third-order valence-electron chi connectivity index (χ3n) is 3.83. The number of halogens is 1. The summed E-state index contributed by atoms with van der Waals surface area (Å²) in [6.45, 7) is 2.28. The molecule has 0 amide bonds. The lowest BCUT2D eigenvalue weighted by Crippen LogP contribution is -2.37. The van der Waals surface area contributed by atoms with Gasteiger partial charge in [-0.25, -0.2) is 19.3 Å². The van der Waals surface area contributed by atoms with E-state index >= 15 is 0 Å². The highest BCUT2D eigenvalue weighted by molar-refractivity contribution is 5.59. The maximum Gasteiger partial charge on any atom is 0.183 e. The Labute approximate surface area is 143 Å². The first-order valence-corrected chi connectivity index (χ1v) is 7.90. The highest BCUT2D eigenvalue weighted by Crippen LogP contribution is 2.22. The number of pyridine rings is 1. The molecule has 4 rings (SSSR count). The molecule has 7 nitrogen and oxygen atoms in total. The molecule has 1 saturated heterocycles. The lowest BCUT2D eigenvalue weighted by Gasteiger charge is -2.28. The van der Waals surface area contributed by atoms with Gasteiger partial charge < -0.3 is 9.64 Å². The average Bonchev–Trinajstić information content (AvgIpc) is 2.70. The molecule has 0 bridgehead atoms. The Balaban J connectivity index is 1.70. The molecule has 0 aliphatic carbocycles. The molecule has 1 aliphatic heterocycles. The van der Waals surface area contributed by atoms with Crippen LogP contribution in [0.4, 0.5) is 10.2 Å². The van der Waals surface area contributed by atoms with E-state index in [2.05, 4.69) is 24.9 Å². The molecule has 1 aliphatic rings. The van der Waals surface area contributed by atoms with Crippen molar-refractivity contribution in [3.8, 4) is 22.9 Å². The van der Waals surface area contributed by atoms with Gasteiger partial charge in [-0.1, -0.05) is 6.07 Å². The number of morpholine rings is 1. The number of anilines is 1. The lowest BCUT2D eigenvalue weighted by molar-refractivity contribution is 0.122. The monoisotopic (exact) mass is 338 g/mol. The van der Waals surface area contributed by atoms with Crippen molar-refractivity contribution in [3.63, 3.8) is 0 Å². The van der Waals surface area contributed by atoms with Gasteiger partial charge in [0.1, 0.15) is 11.4 Å². The van der Waals surface area contributed by atoms with Crippen LogP contribution in [0.5, 0.6) is 0 Å². The Kier molecular flexibility index (Phi) is 4.26. The number of aromatic nitrogens is 5. The summed E-state index contributed by atoms with van der Waals surface area (Å²) in [7, 11) is 0. The van der Waals surface area contributed by atoms with Crippen molar-refractivity contribution in [2.24, 2.45) is 0 Å². The fourth-order valence-corrected chi connectivity index (χ4v) is 2.59. The maximum atomic E-state index is 14.2. The zero-order chi connectivity index (χ0) is 17.1. The molecule has 0 saturated carbocycles. The van der Waals surface area contributed by atoms with Gasteiger partial charge in [0, 0.05) is 19.3 Å². The zero-order valence-corrected chi connectivity index (χ0v) is 13.3. The van der Waals surface area contributed by atoms with Crippen LogP contribution in [0.15, 0.2) is 43.0 Å². The van der Waals surface area contributed by atoms with E-state index in [1.54, 1.807) is 18.6 Å². The van der Waals surface area contributed by atoms with Crippen molar-refractivity contribution in [1.29, 1.82) is 0 Å². The number of rotatable bonds is 3. The Morgan fingerprint density at radius 1 is 0.920 bits per heavy atom. The molecule has 0 radical (unpaired) electrons. The van der Waals surface area contributed by atoms with Crippen LogP contribution < -0.4 is 4.90 Å². The van der Waals surface area contributed by atoms with Gasteiger partial charge in [-0.3, -0.25) is 9.97 Å². The first-order chi connectivity index (χ1) is 12.3. The van der Waals surface area contributed by atoms with Crippen molar-refractivity contribution >= 4 is 5.82 Å². The molecule has 25 heavy (non-hydrogen) atoms. The van der Waals surface area contributed by atoms with E-state index in [0.29, 0.717) is 49.2 Å². The van der Waals surface area contributed by atoms with Gasteiger partial charge in [0.15, 0.2) is 17.5 Å². The Morgan fingerprint density at radius 3 is 2.56 bits per heavy atom. The molecule has 0 atom stereocenters. The largest absolute Gasteiger partial charge is 0.378 e. The Bertz CT molecular complexity index is 870. The molecule has 1 fully saturated rings. The van der Waals surface area contributed by atoms with E-state index in [4.69, 9.17) is 4.74 Å². The van der Waals surface area contributed by atoms with Gasteiger partial charge in [0.2, 0.25) is 0 Å². The molecule has 3 aromatic heterocycles. The minimum Gasteiger partial charge on any atom is -0.378 e. The van der Waals surface area contributed by atoms with Gasteiger partial charge >= 0.3 is 0 Å². The third-order valence-corrected chi connectivity index (χ3v) is 3.83. The highest BCUT2D eigenvalue weighted by Gasteiger charge is 2.19. The van der Waals surface area contributed by atoms with Crippen molar-refractivity contribution in [3.05, 3.63) is 48.8 Å². The second kappa shape index (κ2) is 6.86. The van der Waals surface area contributed by atoms with E-state index in [9.17, 15) is 4.39 Å². The smallest absolute Gasteiger partial charge is 0.183 e. The third kappa shape index (κ3) is 3.29. The van der Waals surface area contributed by atoms with Crippen molar-refractivity contribution in [2.45, 2.75) is 0 Å². The Morgan fingerprint density at radius 2 is 1.76 bits per heavy atom. The van der Waals surface area contributed by atoms with E-state index in [0.717, 1.165) is 0 Å². The summed E-state index contributed by atoms with van der Waals surface area (Å²) >= 11 is 0. The van der Waals surface area contributed by atoms with Crippen LogP contribution in [0, 0.1) is 5.82 Å². The number of nitrogens with zero attached hydrogens (tertiary/aromatic N) is 6. The van der Waals surface area contributed by atoms with E-state index < -0.39 is 5.82 Å². The molecular formula is C17H15FN6O. The molecule has 0 N–H and O–H groups in total. The fraction of sp³-hybridized carbons (Fsp3) is 0.235. The van der Waals surface area contributed by atoms with Gasteiger partial charge in [-0.2, -0.15) is 0 Å². The standard InChI is InChI=1S/C17H15FN6O/c18-12-9-21-16(23-17(12)24-5-7-25-8-6-24)15-11-19-10-14(22-15)13-3-1-2-4-20-13/h1-4,9-11H,5-8H2. The lowest BCUT2D eigenvalue weighted by atomic mass is 10.2. The fourth-order valence-electron chi connectivity index (χ4n) is 2.59. The van der Waals surface area contributed by atoms with Crippen LogP contribution >= 0.6 is 0 Å². The number of hydrogen-bond donors (Lipinski definition) is 0.